The van der Waals surface area contributed by atoms with Crippen LogP contribution < -0.4 is 16.2 Å². The largest absolute Gasteiger partial charge is 0.343 e. The van der Waals surface area contributed by atoms with E-state index in [1.54, 1.807) is 18.2 Å². The molecule has 2 amide bonds. The summed E-state index contributed by atoms with van der Waals surface area (Å²) in [7, 11) is 0. The van der Waals surface area contributed by atoms with Crippen LogP contribution in [0.2, 0.25) is 10.0 Å². The zero-order chi connectivity index (χ0) is 17.4. The summed E-state index contributed by atoms with van der Waals surface area (Å²) in [4.78, 5) is 23.8. The van der Waals surface area contributed by atoms with Gasteiger partial charge < -0.3 is 5.32 Å². The van der Waals surface area contributed by atoms with Crippen molar-refractivity contribution in [3.63, 3.8) is 0 Å². The van der Waals surface area contributed by atoms with Crippen LogP contribution >= 0.6 is 23.2 Å². The van der Waals surface area contributed by atoms with Gasteiger partial charge in [-0.3, -0.25) is 20.4 Å². The van der Waals surface area contributed by atoms with E-state index in [1.165, 1.54) is 6.07 Å². The van der Waals surface area contributed by atoms with Crippen LogP contribution in [0.1, 0.15) is 26.7 Å². The Balaban J connectivity index is 2.69. The highest BCUT2D eigenvalue weighted by atomic mass is 35.5. The van der Waals surface area contributed by atoms with Gasteiger partial charge in [-0.2, -0.15) is 5.26 Å². The molecule has 0 bridgehead atoms. The molecule has 0 saturated heterocycles. The molecular weight excluding hydrogens is 339 g/mol. The summed E-state index contributed by atoms with van der Waals surface area (Å²) < 4.78 is 0. The molecule has 0 fully saturated rings. The number of halogens is 2. The molecule has 6 nitrogen and oxygen atoms in total. The summed E-state index contributed by atoms with van der Waals surface area (Å²) in [5.41, 5.74) is 5.67. The Morgan fingerprint density at radius 1 is 1.30 bits per heavy atom. The summed E-state index contributed by atoms with van der Waals surface area (Å²) in [6.07, 6.45) is 0.150. The van der Waals surface area contributed by atoms with Crippen LogP contribution in [-0.4, -0.2) is 17.9 Å². The fourth-order valence-corrected chi connectivity index (χ4v) is 2.28. The zero-order valence-corrected chi connectivity index (χ0v) is 14.3. The molecule has 1 unspecified atom stereocenters. The maximum atomic E-state index is 12.2. The monoisotopic (exact) mass is 356 g/mol. The van der Waals surface area contributed by atoms with Crippen molar-refractivity contribution in [3.8, 4) is 6.07 Å². The minimum Gasteiger partial charge on any atom is -0.343 e. The molecule has 0 aromatic heterocycles. The average Bonchev–Trinajstić information content (AvgIpc) is 2.45. The molecule has 0 radical (unpaired) electrons. The number of carbonyl (C=O) groups is 2. The van der Waals surface area contributed by atoms with Crippen LogP contribution in [0.15, 0.2) is 18.2 Å². The maximum absolute atomic E-state index is 12.2. The number of carbonyl (C=O) groups excluding carboxylic acids is 2. The van der Waals surface area contributed by atoms with E-state index in [0.29, 0.717) is 22.2 Å². The predicted octanol–water partition coefficient (Wildman–Crippen LogP) is 2.88. The SMILES string of the molecule is CC(C)CC(NC(=O)CC#N)C(=O)NNc1ccc(Cl)cc1Cl. The van der Waals surface area contributed by atoms with Gasteiger partial charge in [0.05, 0.1) is 16.8 Å². The highest BCUT2D eigenvalue weighted by Crippen LogP contribution is 2.24. The van der Waals surface area contributed by atoms with E-state index in [-0.39, 0.29) is 12.3 Å². The molecule has 0 aliphatic heterocycles. The molecular formula is C15H18Cl2N4O2. The van der Waals surface area contributed by atoms with Gasteiger partial charge in [0.25, 0.3) is 5.91 Å². The predicted molar refractivity (Wildman–Crippen MR) is 89.8 cm³/mol. The summed E-state index contributed by atoms with van der Waals surface area (Å²) in [6.45, 7) is 3.86. The highest BCUT2D eigenvalue weighted by molar-refractivity contribution is 6.36. The third-order valence-electron chi connectivity index (χ3n) is 2.85. The minimum absolute atomic E-state index is 0.187. The van der Waals surface area contributed by atoms with Gasteiger partial charge >= 0.3 is 0 Å². The molecule has 0 aliphatic carbocycles. The van der Waals surface area contributed by atoms with Gasteiger partial charge in [0.15, 0.2) is 0 Å². The lowest BCUT2D eigenvalue weighted by atomic mass is 10.0. The molecule has 1 rings (SSSR count). The Morgan fingerprint density at radius 2 is 2.00 bits per heavy atom. The summed E-state index contributed by atoms with van der Waals surface area (Å²) in [5.74, 6) is -0.721. The number of nitriles is 1. The Bertz CT molecular complexity index is 614. The van der Waals surface area contributed by atoms with Gasteiger partial charge in [-0.1, -0.05) is 37.0 Å². The van der Waals surface area contributed by atoms with E-state index < -0.39 is 17.9 Å². The molecule has 0 saturated carbocycles. The molecule has 0 heterocycles. The van der Waals surface area contributed by atoms with Crippen LogP contribution in [0.25, 0.3) is 0 Å². The van der Waals surface area contributed by atoms with E-state index >= 15 is 0 Å². The fraction of sp³-hybridized carbons (Fsp3) is 0.400. The minimum atomic E-state index is -0.741. The normalized spacial score (nSPS) is 11.5. The summed E-state index contributed by atoms with van der Waals surface area (Å²) >= 11 is 11.8. The number of nitrogens with zero attached hydrogens (tertiary/aromatic N) is 1. The quantitative estimate of drug-likeness (QED) is 0.654. The third kappa shape index (κ3) is 6.76. The molecule has 124 valence electrons. The van der Waals surface area contributed by atoms with Crippen molar-refractivity contribution in [1.82, 2.24) is 10.7 Å². The number of anilines is 1. The second-order valence-electron chi connectivity index (χ2n) is 5.32. The lowest BCUT2D eigenvalue weighted by Crippen LogP contribution is -2.48. The molecule has 1 aromatic rings. The van der Waals surface area contributed by atoms with Gasteiger partial charge in [-0.05, 0) is 30.5 Å². The molecule has 1 aromatic carbocycles. The number of rotatable bonds is 7. The first-order valence-electron chi connectivity index (χ1n) is 7.00. The average molecular weight is 357 g/mol. The molecule has 3 N–H and O–H groups in total. The number of benzene rings is 1. The molecule has 23 heavy (non-hydrogen) atoms. The molecule has 8 heteroatoms. The van der Waals surface area contributed by atoms with E-state index in [0.717, 1.165) is 0 Å². The second-order valence-corrected chi connectivity index (χ2v) is 6.17. The van der Waals surface area contributed by atoms with Gasteiger partial charge in [0.1, 0.15) is 12.5 Å². The Morgan fingerprint density at radius 3 is 2.57 bits per heavy atom. The number of nitrogens with one attached hydrogen (secondary N) is 3. The van der Waals surface area contributed by atoms with Gasteiger partial charge in [-0.15, -0.1) is 0 Å². The highest BCUT2D eigenvalue weighted by Gasteiger charge is 2.21. The van der Waals surface area contributed by atoms with Crippen molar-refractivity contribution in [2.75, 3.05) is 5.43 Å². The third-order valence-corrected chi connectivity index (χ3v) is 3.40. The van der Waals surface area contributed by atoms with E-state index in [2.05, 4.69) is 16.2 Å². The first-order valence-corrected chi connectivity index (χ1v) is 7.76. The Kier molecular flexibility index (Phi) is 7.66. The standard InChI is InChI=1S/C15H18Cl2N4O2/c1-9(2)7-13(19-14(22)5-6-18)15(23)21-20-12-4-3-10(16)8-11(12)17/h3-4,8-9,13,20H,5,7H2,1-2H3,(H,19,22)(H,21,23). The van der Waals surface area contributed by atoms with Crippen LogP contribution in [0.4, 0.5) is 5.69 Å². The number of amides is 2. The van der Waals surface area contributed by atoms with Gasteiger partial charge in [0.2, 0.25) is 5.91 Å². The van der Waals surface area contributed by atoms with Crippen LogP contribution in [0.5, 0.6) is 0 Å². The first kappa shape index (κ1) is 19.1. The fourth-order valence-electron chi connectivity index (χ4n) is 1.83. The van der Waals surface area contributed by atoms with E-state index in [4.69, 9.17) is 28.5 Å². The molecule has 0 aliphatic rings. The molecule has 1 atom stereocenters. The summed E-state index contributed by atoms with van der Waals surface area (Å²) in [5, 5.41) is 11.9. The Hall–Kier alpha value is -1.97. The van der Waals surface area contributed by atoms with E-state index in [9.17, 15) is 9.59 Å². The van der Waals surface area contributed by atoms with Crippen molar-refractivity contribution in [3.05, 3.63) is 28.2 Å². The van der Waals surface area contributed by atoms with Crippen LogP contribution in [0, 0.1) is 17.2 Å². The zero-order valence-electron chi connectivity index (χ0n) is 12.8. The maximum Gasteiger partial charge on any atom is 0.260 e. The summed E-state index contributed by atoms with van der Waals surface area (Å²) in [6, 6.07) is 5.79. The van der Waals surface area contributed by atoms with Gasteiger partial charge in [0, 0.05) is 5.02 Å². The second kappa shape index (κ2) is 9.23. The van der Waals surface area contributed by atoms with Crippen molar-refractivity contribution in [2.24, 2.45) is 5.92 Å². The number of hydrogen-bond donors (Lipinski definition) is 3. The lowest BCUT2D eigenvalue weighted by Gasteiger charge is -2.20. The number of hydrazine groups is 1. The van der Waals surface area contributed by atoms with Gasteiger partial charge in [-0.25, -0.2) is 0 Å². The van der Waals surface area contributed by atoms with Crippen molar-refractivity contribution in [2.45, 2.75) is 32.7 Å². The van der Waals surface area contributed by atoms with Crippen LogP contribution in [0.3, 0.4) is 0 Å². The Labute approximate surface area is 145 Å². The van der Waals surface area contributed by atoms with Crippen LogP contribution in [-0.2, 0) is 9.59 Å². The van der Waals surface area contributed by atoms with Crippen molar-refractivity contribution in [1.29, 1.82) is 5.26 Å². The van der Waals surface area contributed by atoms with Crippen molar-refractivity contribution < 1.29 is 9.59 Å². The first-order chi connectivity index (χ1) is 10.8. The van der Waals surface area contributed by atoms with E-state index in [1.807, 2.05) is 13.8 Å². The molecule has 0 spiro atoms. The van der Waals surface area contributed by atoms with Crippen molar-refractivity contribution >= 4 is 40.7 Å². The number of hydrogen-bond acceptors (Lipinski definition) is 4. The lowest BCUT2D eigenvalue weighted by molar-refractivity contribution is -0.128. The smallest absolute Gasteiger partial charge is 0.260 e. The topological polar surface area (TPSA) is 94.0 Å².